The second-order valence-corrected chi connectivity index (χ2v) is 6.99. The minimum atomic E-state index is -0.469. The second-order valence-electron chi connectivity index (χ2n) is 5.91. The van der Waals surface area contributed by atoms with E-state index in [0.29, 0.717) is 17.1 Å². The highest BCUT2D eigenvalue weighted by atomic mass is 32.1. The summed E-state index contributed by atoms with van der Waals surface area (Å²) in [5, 5.41) is 11.0. The van der Waals surface area contributed by atoms with Crippen LogP contribution in [0.2, 0.25) is 0 Å². The van der Waals surface area contributed by atoms with Crippen molar-refractivity contribution < 1.29 is 9.13 Å². The van der Waals surface area contributed by atoms with Gasteiger partial charge in [-0.3, -0.25) is 5.10 Å². The van der Waals surface area contributed by atoms with E-state index in [4.69, 9.17) is 9.72 Å². The minimum Gasteiger partial charge on any atom is -0.377 e. The molecule has 3 aromatic rings. The second kappa shape index (κ2) is 5.74. The molecule has 0 radical (unpaired) electrons. The van der Waals surface area contributed by atoms with Gasteiger partial charge in [-0.2, -0.15) is 5.10 Å². The number of ether oxygens (including phenoxy) is 1. The molecule has 5 rings (SSSR count). The number of hydrogen-bond donors (Lipinski definition) is 2. The smallest absolute Gasteiger partial charge is 0.229 e. The highest BCUT2D eigenvalue weighted by Crippen LogP contribution is 2.40. The van der Waals surface area contributed by atoms with Crippen molar-refractivity contribution in [1.29, 1.82) is 0 Å². The Labute approximate surface area is 146 Å². The molecule has 1 fully saturated rings. The Morgan fingerprint density at radius 2 is 2.12 bits per heavy atom. The molecule has 10 heteroatoms. The number of thiazole rings is 1. The Balaban J connectivity index is 1.47. The quantitative estimate of drug-likeness (QED) is 0.739. The summed E-state index contributed by atoms with van der Waals surface area (Å²) >= 11 is 1.56. The van der Waals surface area contributed by atoms with Gasteiger partial charge in [-0.1, -0.05) is 0 Å². The van der Waals surface area contributed by atoms with E-state index >= 15 is 0 Å². The predicted octanol–water partition coefficient (Wildman–Crippen LogP) is 1.97. The summed E-state index contributed by atoms with van der Waals surface area (Å²) in [6, 6.07) is 0.387. The Kier molecular flexibility index (Phi) is 3.38. The molecule has 0 amide bonds. The number of nitrogens with one attached hydrogen (secondary N) is 2. The zero-order chi connectivity index (χ0) is 16.8. The molecule has 0 bridgehead atoms. The molecule has 0 spiro atoms. The van der Waals surface area contributed by atoms with Gasteiger partial charge in [-0.25, -0.2) is 19.3 Å². The Morgan fingerprint density at radius 3 is 2.88 bits per heavy atom. The Bertz CT molecular complexity index is 905. The van der Waals surface area contributed by atoms with Gasteiger partial charge in [-0.15, -0.1) is 11.3 Å². The molecule has 8 nitrogen and oxygen atoms in total. The lowest BCUT2D eigenvalue weighted by molar-refractivity contribution is 0.00798. The maximum absolute atomic E-state index is 12.9. The van der Waals surface area contributed by atoms with Crippen molar-refractivity contribution in [3.05, 3.63) is 29.3 Å². The van der Waals surface area contributed by atoms with Crippen LogP contribution in [-0.2, 0) is 11.2 Å². The molecular formula is C15H14FN7OS. The molecule has 2 aliphatic heterocycles. The van der Waals surface area contributed by atoms with E-state index in [9.17, 15) is 4.39 Å². The van der Waals surface area contributed by atoms with Crippen LogP contribution in [-0.4, -0.2) is 50.9 Å². The van der Waals surface area contributed by atoms with E-state index in [0.717, 1.165) is 55.6 Å². The molecule has 2 aliphatic rings. The first-order valence-corrected chi connectivity index (χ1v) is 8.72. The van der Waals surface area contributed by atoms with E-state index in [-0.39, 0.29) is 0 Å². The third-order valence-corrected chi connectivity index (χ3v) is 5.37. The molecule has 1 saturated heterocycles. The number of aromatic amines is 1. The number of aromatic nitrogens is 5. The molecule has 0 aromatic carbocycles. The van der Waals surface area contributed by atoms with Crippen molar-refractivity contribution >= 4 is 28.2 Å². The van der Waals surface area contributed by atoms with E-state index in [1.54, 1.807) is 11.3 Å². The van der Waals surface area contributed by atoms with Crippen LogP contribution in [0.5, 0.6) is 0 Å². The van der Waals surface area contributed by atoms with E-state index in [2.05, 4.69) is 30.4 Å². The number of halogens is 1. The summed E-state index contributed by atoms with van der Waals surface area (Å²) in [6.07, 6.45) is 4.95. The number of anilines is 3. The lowest BCUT2D eigenvalue weighted by atomic mass is 10.2. The van der Waals surface area contributed by atoms with Crippen LogP contribution in [0.4, 0.5) is 21.3 Å². The minimum absolute atomic E-state index is 0.325. The summed E-state index contributed by atoms with van der Waals surface area (Å²) in [5.41, 5.74) is 1.91. The topological polar surface area (TPSA) is 91.8 Å². The third kappa shape index (κ3) is 2.53. The average molecular weight is 359 g/mol. The maximum atomic E-state index is 12.9. The monoisotopic (exact) mass is 359 g/mol. The zero-order valence-electron chi connectivity index (χ0n) is 13.1. The highest BCUT2D eigenvalue weighted by molar-refractivity contribution is 7.16. The average Bonchev–Trinajstić information content (AvgIpc) is 3.16. The van der Waals surface area contributed by atoms with Crippen molar-refractivity contribution in [3.63, 3.8) is 0 Å². The van der Waals surface area contributed by atoms with Crippen LogP contribution in [0.15, 0.2) is 18.6 Å². The van der Waals surface area contributed by atoms with E-state index in [1.807, 2.05) is 6.20 Å². The summed E-state index contributed by atoms with van der Waals surface area (Å²) in [6.45, 7) is 2.37. The van der Waals surface area contributed by atoms with Crippen LogP contribution < -0.4 is 10.2 Å². The van der Waals surface area contributed by atoms with Gasteiger partial charge < -0.3 is 15.0 Å². The number of rotatable bonds is 3. The number of fused-ring (bicyclic) bond motifs is 3. The van der Waals surface area contributed by atoms with Gasteiger partial charge in [0.25, 0.3) is 0 Å². The van der Waals surface area contributed by atoms with Gasteiger partial charge in [0, 0.05) is 17.8 Å². The zero-order valence-corrected chi connectivity index (χ0v) is 13.9. The molecule has 0 unspecified atom stereocenters. The Morgan fingerprint density at radius 1 is 1.28 bits per heavy atom. The van der Waals surface area contributed by atoms with Gasteiger partial charge >= 0.3 is 0 Å². The number of hydrogen-bond acceptors (Lipinski definition) is 8. The summed E-state index contributed by atoms with van der Waals surface area (Å²) in [4.78, 5) is 16.0. The van der Waals surface area contributed by atoms with Gasteiger partial charge in [0.1, 0.15) is 5.82 Å². The summed E-state index contributed by atoms with van der Waals surface area (Å²) < 4.78 is 18.3. The molecule has 25 heavy (non-hydrogen) atoms. The first-order valence-electron chi connectivity index (χ1n) is 7.90. The van der Waals surface area contributed by atoms with Crippen LogP contribution in [0.1, 0.15) is 4.88 Å². The summed E-state index contributed by atoms with van der Waals surface area (Å²) in [7, 11) is 0. The van der Waals surface area contributed by atoms with Gasteiger partial charge in [0.05, 0.1) is 49.1 Å². The van der Waals surface area contributed by atoms with Gasteiger partial charge in [0.2, 0.25) is 5.95 Å². The molecule has 3 aromatic heterocycles. The van der Waals surface area contributed by atoms with Crippen LogP contribution in [0, 0.1) is 5.82 Å². The van der Waals surface area contributed by atoms with Crippen molar-refractivity contribution in [1.82, 2.24) is 25.1 Å². The molecule has 0 atom stereocenters. The fourth-order valence-electron chi connectivity index (χ4n) is 3.03. The van der Waals surface area contributed by atoms with Gasteiger partial charge in [-0.05, 0) is 0 Å². The molecular weight excluding hydrogens is 345 g/mol. The fourth-order valence-corrected chi connectivity index (χ4v) is 3.99. The predicted molar refractivity (Wildman–Crippen MR) is 90.6 cm³/mol. The van der Waals surface area contributed by atoms with E-state index < -0.39 is 5.82 Å². The SMILES string of the molecule is Fc1cnc(Nc2nc3c(s2)CCN(C2COC2)c2[nH]ncc2-3)nc1. The first kappa shape index (κ1) is 14.7. The van der Waals surface area contributed by atoms with Crippen LogP contribution >= 0.6 is 11.3 Å². The largest absolute Gasteiger partial charge is 0.377 e. The normalized spacial score (nSPS) is 16.8. The fraction of sp³-hybridized carbons (Fsp3) is 0.333. The van der Waals surface area contributed by atoms with Crippen molar-refractivity contribution in [3.8, 4) is 11.3 Å². The molecule has 0 aliphatic carbocycles. The maximum Gasteiger partial charge on any atom is 0.229 e. The first-order chi connectivity index (χ1) is 12.3. The van der Waals surface area contributed by atoms with Gasteiger partial charge in [0.15, 0.2) is 10.9 Å². The molecule has 5 heterocycles. The highest BCUT2D eigenvalue weighted by Gasteiger charge is 2.32. The summed E-state index contributed by atoms with van der Waals surface area (Å²) in [5.74, 6) is 0.844. The van der Waals surface area contributed by atoms with Crippen molar-refractivity contribution in [2.24, 2.45) is 0 Å². The molecule has 0 saturated carbocycles. The van der Waals surface area contributed by atoms with Crippen molar-refractivity contribution in [2.45, 2.75) is 12.5 Å². The number of nitrogens with zero attached hydrogens (tertiary/aromatic N) is 5. The lowest BCUT2D eigenvalue weighted by Crippen LogP contribution is -2.50. The van der Waals surface area contributed by atoms with Crippen LogP contribution in [0.3, 0.4) is 0 Å². The van der Waals surface area contributed by atoms with Crippen LogP contribution in [0.25, 0.3) is 11.3 Å². The molecule has 128 valence electrons. The number of H-pyrrole nitrogens is 1. The lowest BCUT2D eigenvalue weighted by Gasteiger charge is -2.37. The Hall–Kier alpha value is -2.59. The van der Waals surface area contributed by atoms with E-state index in [1.165, 1.54) is 4.88 Å². The molecule has 2 N–H and O–H groups in total. The third-order valence-electron chi connectivity index (χ3n) is 4.34. The van der Waals surface area contributed by atoms with Crippen molar-refractivity contribution in [2.75, 3.05) is 30.0 Å². The standard InChI is InChI=1S/C15H14FN7OS/c16-8-3-17-14(18-4-8)21-15-20-12-10-5-19-22-13(10)23(9-6-24-7-9)2-1-11(12)25-15/h3-5,9H,1-2,6-7H2,(H,19,22)(H,17,18,20,21).